The van der Waals surface area contributed by atoms with Gasteiger partial charge in [0, 0.05) is 23.7 Å². The topological polar surface area (TPSA) is 68.0 Å². The highest BCUT2D eigenvalue weighted by molar-refractivity contribution is 5.95. The van der Waals surface area contributed by atoms with Crippen LogP contribution in [-0.2, 0) is 5.41 Å². The van der Waals surface area contributed by atoms with E-state index in [4.69, 9.17) is 4.42 Å². The highest BCUT2D eigenvalue weighted by atomic mass is 16.4. The molecular formula is C20H21N3O2. The summed E-state index contributed by atoms with van der Waals surface area (Å²) >= 11 is 0. The standard InChI is InChI=1S/C20H21N3O2/c1-20(2,3)16-10-8-13(9-11-16)18-22-23-19(25-18)15-7-5-6-14(12-15)17(24)21-4/h5-12H,1-4H3,(H,21,24). The van der Waals surface area contributed by atoms with Crippen molar-refractivity contribution < 1.29 is 9.21 Å². The Labute approximate surface area is 147 Å². The van der Waals surface area contributed by atoms with Gasteiger partial charge in [0.2, 0.25) is 11.8 Å². The summed E-state index contributed by atoms with van der Waals surface area (Å²) in [7, 11) is 1.60. The zero-order valence-corrected chi connectivity index (χ0v) is 14.8. The third-order valence-corrected chi connectivity index (χ3v) is 4.02. The number of hydrogen-bond donors (Lipinski definition) is 1. The molecule has 1 amide bonds. The maximum absolute atomic E-state index is 11.8. The van der Waals surface area contributed by atoms with Crippen LogP contribution in [0, 0.1) is 0 Å². The van der Waals surface area contributed by atoms with E-state index in [0.717, 1.165) is 5.56 Å². The van der Waals surface area contributed by atoms with E-state index in [1.54, 1.807) is 25.2 Å². The fourth-order valence-corrected chi connectivity index (χ4v) is 2.51. The second kappa shape index (κ2) is 6.51. The highest BCUT2D eigenvalue weighted by Crippen LogP contribution is 2.27. The summed E-state index contributed by atoms with van der Waals surface area (Å²) in [6, 6.07) is 15.2. The Hall–Kier alpha value is -2.95. The van der Waals surface area contributed by atoms with Gasteiger partial charge in [0.15, 0.2) is 0 Å². The molecule has 5 nitrogen and oxygen atoms in total. The van der Waals surface area contributed by atoms with Crippen LogP contribution in [0.2, 0.25) is 0 Å². The van der Waals surface area contributed by atoms with E-state index in [1.807, 2.05) is 18.2 Å². The molecule has 0 atom stereocenters. The van der Waals surface area contributed by atoms with Crippen LogP contribution in [0.25, 0.3) is 22.9 Å². The molecule has 0 radical (unpaired) electrons. The third kappa shape index (κ3) is 3.60. The number of hydrogen-bond acceptors (Lipinski definition) is 4. The molecule has 2 aromatic carbocycles. The zero-order valence-electron chi connectivity index (χ0n) is 14.8. The Balaban J connectivity index is 1.89. The average molecular weight is 335 g/mol. The Morgan fingerprint density at radius 3 is 2.20 bits per heavy atom. The van der Waals surface area contributed by atoms with Crippen molar-refractivity contribution in [1.29, 1.82) is 0 Å². The molecule has 0 saturated heterocycles. The van der Waals surface area contributed by atoms with E-state index in [1.165, 1.54) is 5.56 Å². The molecule has 3 aromatic rings. The smallest absolute Gasteiger partial charge is 0.251 e. The van der Waals surface area contributed by atoms with E-state index >= 15 is 0 Å². The Morgan fingerprint density at radius 1 is 0.960 bits per heavy atom. The quantitative estimate of drug-likeness (QED) is 0.784. The summed E-state index contributed by atoms with van der Waals surface area (Å²) < 4.78 is 5.80. The Kier molecular flexibility index (Phi) is 4.40. The number of amides is 1. The lowest BCUT2D eigenvalue weighted by atomic mass is 9.87. The molecule has 1 aromatic heterocycles. The number of benzene rings is 2. The number of rotatable bonds is 3. The highest BCUT2D eigenvalue weighted by Gasteiger charge is 2.15. The van der Waals surface area contributed by atoms with Crippen LogP contribution in [0.4, 0.5) is 0 Å². The van der Waals surface area contributed by atoms with Gasteiger partial charge in [-0.25, -0.2) is 0 Å². The molecule has 3 rings (SSSR count). The number of nitrogens with one attached hydrogen (secondary N) is 1. The molecule has 0 aliphatic carbocycles. The first-order chi connectivity index (χ1) is 11.9. The molecule has 5 heteroatoms. The Bertz CT molecular complexity index is 890. The molecule has 0 aliphatic heterocycles. The Morgan fingerprint density at radius 2 is 1.60 bits per heavy atom. The largest absolute Gasteiger partial charge is 0.416 e. The summed E-state index contributed by atoms with van der Waals surface area (Å²) in [5.74, 6) is 0.695. The van der Waals surface area contributed by atoms with Crippen molar-refractivity contribution in [3.05, 3.63) is 59.7 Å². The second-order valence-corrected chi connectivity index (χ2v) is 6.90. The normalized spacial score (nSPS) is 11.4. The fraction of sp³-hybridized carbons (Fsp3) is 0.250. The van der Waals surface area contributed by atoms with Crippen LogP contribution < -0.4 is 5.32 Å². The summed E-state index contributed by atoms with van der Waals surface area (Å²) in [5.41, 5.74) is 3.47. The number of nitrogens with zero attached hydrogens (tertiary/aromatic N) is 2. The molecular weight excluding hydrogens is 314 g/mol. The number of carbonyl (C=O) groups excluding carboxylic acids is 1. The van der Waals surface area contributed by atoms with Crippen LogP contribution in [0.1, 0.15) is 36.7 Å². The van der Waals surface area contributed by atoms with E-state index < -0.39 is 0 Å². The maximum atomic E-state index is 11.8. The first-order valence-electron chi connectivity index (χ1n) is 8.15. The molecule has 0 bridgehead atoms. The summed E-state index contributed by atoms with van der Waals surface area (Å²) in [5, 5.41) is 10.8. The van der Waals surface area contributed by atoms with Gasteiger partial charge in [-0.1, -0.05) is 39.0 Å². The lowest BCUT2D eigenvalue weighted by Crippen LogP contribution is -2.17. The summed E-state index contributed by atoms with van der Waals surface area (Å²) in [6.45, 7) is 6.52. The van der Waals surface area contributed by atoms with Gasteiger partial charge in [-0.3, -0.25) is 4.79 Å². The minimum absolute atomic E-state index is 0.0961. The van der Waals surface area contributed by atoms with E-state index in [-0.39, 0.29) is 11.3 Å². The molecule has 25 heavy (non-hydrogen) atoms. The van der Waals surface area contributed by atoms with Gasteiger partial charge in [-0.2, -0.15) is 0 Å². The molecule has 0 spiro atoms. The first kappa shape index (κ1) is 16.9. The zero-order chi connectivity index (χ0) is 18.0. The van der Waals surface area contributed by atoms with Crippen molar-refractivity contribution in [2.24, 2.45) is 0 Å². The van der Waals surface area contributed by atoms with Gasteiger partial charge in [-0.05, 0) is 41.3 Å². The summed E-state index contributed by atoms with van der Waals surface area (Å²) in [6.07, 6.45) is 0. The van der Waals surface area contributed by atoms with Gasteiger partial charge in [0.25, 0.3) is 5.91 Å². The van der Waals surface area contributed by atoms with Crippen molar-refractivity contribution in [3.8, 4) is 22.9 Å². The SMILES string of the molecule is CNC(=O)c1cccc(-c2nnc(-c3ccc(C(C)(C)C)cc3)o2)c1. The van der Waals surface area contributed by atoms with E-state index in [0.29, 0.717) is 22.9 Å². The van der Waals surface area contributed by atoms with Crippen molar-refractivity contribution in [3.63, 3.8) is 0 Å². The van der Waals surface area contributed by atoms with Gasteiger partial charge in [-0.15, -0.1) is 10.2 Å². The first-order valence-corrected chi connectivity index (χ1v) is 8.15. The molecule has 0 fully saturated rings. The molecule has 1 heterocycles. The summed E-state index contributed by atoms with van der Waals surface area (Å²) in [4.78, 5) is 11.8. The van der Waals surface area contributed by atoms with Gasteiger partial charge in [0.1, 0.15) is 0 Å². The van der Waals surface area contributed by atoms with Crippen molar-refractivity contribution >= 4 is 5.91 Å². The lowest BCUT2D eigenvalue weighted by Gasteiger charge is -2.18. The van der Waals surface area contributed by atoms with Gasteiger partial charge < -0.3 is 9.73 Å². The van der Waals surface area contributed by atoms with Crippen LogP contribution in [0.3, 0.4) is 0 Å². The molecule has 0 aliphatic rings. The predicted octanol–water partition coefficient (Wildman–Crippen LogP) is 4.06. The van der Waals surface area contributed by atoms with Crippen LogP contribution in [-0.4, -0.2) is 23.2 Å². The minimum atomic E-state index is -0.153. The molecule has 0 saturated carbocycles. The van der Waals surface area contributed by atoms with Crippen molar-refractivity contribution in [2.75, 3.05) is 7.05 Å². The van der Waals surface area contributed by atoms with Crippen LogP contribution in [0.5, 0.6) is 0 Å². The third-order valence-electron chi connectivity index (χ3n) is 4.02. The number of aromatic nitrogens is 2. The lowest BCUT2D eigenvalue weighted by molar-refractivity contribution is 0.0963. The monoisotopic (exact) mass is 335 g/mol. The van der Waals surface area contributed by atoms with E-state index in [9.17, 15) is 4.79 Å². The maximum Gasteiger partial charge on any atom is 0.251 e. The van der Waals surface area contributed by atoms with Gasteiger partial charge in [0.05, 0.1) is 0 Å². The molecule has 1 N–H and O–H groups in total. The van der Waals surface area contributed by atoms with Crippen LogP contribution >= 0.6 is 0 Å². The predicted molar refractivity (Wildman–Crippen MR) is 97.3 cm³/mol. The van der Waals surface area contributed by atoms with Crippen molar-refractivity contribution in [2.45, 2.75) is 26.2 Å². The van der Waals surface area contributed by atoms with Gasteiger partial charge >= 0.3 is 0 Å². The minimum Gasteiger partial charge on any atom is -0.416 e. The average Bonchev–Trinajstić information content (AvgIpc) is 3.10. The number of carbonyl (C=O) groups is 1. The fourth-order valence-electron chi connectivity index (χ4n) is 2.51. The van der Waals surface area contributed by atoms with E-state index in [2.05, 4.69) is 48.4 Å². The van der Waals surface area contributed by atoms with Crippen LogP contribution in [0.15, 0.2) is 52.9 Å². The van der Waals surface area contributed by atoms with Crippen molar-refractivity contribution in [1.82, 2.24) is 15.5 Å². The molecule has 128 valence electrons. The molecule has 0 unspecified atom stereocenters. The second-order valence-electron chi connectivity index (χ2n) is 6.90.